The first-order chi connectivity index (χ1) is 14.7. The fourth-order valence-corrected chi connectivity index (χ4v) is 5.36. The monoisotopic (exact) mass is 436 g/mol. The second-order valence-electron chi connectivity index (χ2n) is 7.78. The van der Waals surface area contributed by atoms with Crippen LogP contribution in [0.15, 0.2) is 29.3 Å². The second-order valence-corrected chi connectivity index (χ2v) is 8.89. The lowest BCUT2D eigenvalue weighted by atomic mass is 9.96. The molecule has 0 aromatic heterocycles. The first-order valence-electron chi connectivity index (χ1n) is 10.9. The Bertz CT molecular complexity index is 676. The number of hydrogen-bond acceptors (Lipinski definition) is 6. The van der Waals surface area contributed by atoms with E-state index in [9.17, 15) is 0 Å². The smallest absolute Gasteiger partial charge is 0.191 e. The van der Waals surface area contributed by atoms with E-state index in [1.165, 1.54) is 12.2 Å². The third kappa shape index (κ3) is 6.18. The summed E-state index contributed by atoms with van der Waals surface area (Å²) < 4.78 is 17.0. The summed E-state index contributed by atoms with van der Waals surface area (Å²) in [6.07, 6.45) is 1.16. The minimum atomic E-state index is -0.0274. The summed E-state index contributed by atoms with van der Waals surface area (Å²) >= 11 is 2.04. The van der Waals surface area contributed by atoms with Crippen LogP contribution in [-0.4, -0.2) is 87.1 Å². The molecule has 8 heteroatoms. The van der Waals surface area contributed by atoms with Crippen molar-refractivity contribution in [3.63, 3.8) is 0 Å². The predicted molar refractivity (Wildman–Crippen MR) is 124 cm³/mol. The van der Waals surface area contributed by atoms with Crippen LogP contribution in [0.25, 0.3) is 0 Å². The Kier molecular flexibility index (Phi) is 8.96. The summed E-state index contributed by atoms with van der Waals surface area (Å²) in [5.74, 6) is 4.70. The number of nitrogens with zero attached hydrogens (tertiary/aromatic N) is 2. The molecule has 2 atom stereocenters. The fourth-order valence-electron chi connectivity index (χ4n) is 3.89. The second kappa shape index (κ2) is 11.7. The molecule has 2 N–H and O–H groups in total. The summed E-state index contributed by atoms with van der Waals surface area (Å²) in [5.41, 5.74) is 0.149. The van der Waals surface area contributed by atoms with Gasteiger partial charge in [-0.15, -0.1) is 0 Å². The van der Waals surface area contributed by atoms with E-state index >= 15 is 0 Å². The number of guanidine groups is 1. The summed E-state index contributed by atoms with van der Waals surface area (Å²) in [6, 6.07) is 7.73. The third-order valence-electron chi connectivity index (χ3n) is 5.59. The number of hydrogen-bond donors (Lipinski definition) is 2. The number of aliphatic imine (C=N–C) groups is 1. The molecule has 0 saturated carbocycles. The Labute approximate surface area is 184 Å². The maximum absolute atomic E-state index is 6.06. The van der Waals surface area contributed by atoms with Crippen molar-refractivity contribution in [1.29, 1.82) is 0 Å². The number of thioether (sulfide) groups is 1. The highest BCUT2D eigenvalue weighted by Gasteiger charge is 2.40. The normalized spacial score (nSPS) is 23.8. The number of methoxy groups -OCH3 is 1. The van der Waals surface area contributed by atoms with Gasteiger partial charge in [0.2, 0.25) is 0 Å². The van der Waals surface area contributed by atoms with E-state index in [-0.39, 0.29) is 11.6 Å². The average Bonchev–Trinajstić information content (AvgIpc) is 3.27. The van der Waals surface area contributed by atoms with Gasteiger partial charge in [-0.1, -0.05) is 12.1 Å². The van der Waals surface area contributed by atoms with Gasteiger partial charge in [-0.3, -0.25) is 9.89 Å². The van der Waals surface area contributed by atoms with Crippen LogP contribution >= 0.6 is 11.8 Å². The summed E-state index contributed by atoms with van der Waals surface area (Å²) in [4.78, 5) is 7.57. The highest BCUT2D eigenvalue weighted by molar-refractivity contribution is 7.99. The molecule has 1 aromatic carbocycles. The van der Waals surface area contributed by atoms with Crippen molar-refractivity contribution in [1.82, 2.24) is 15.5 Å². The van der Waals surface area contributed by atoms with Crippen LogP contribution in [0.3, 0.4) is 0 Å². The number of rotatable bonds is 9. The van der Waals surface area contributed by atoms with Gasteiger partial charge in [0.15, 0.2) is 17.5 Å². The minimum Gasteiger partial charge on any atom is -0.493 e. The van der Waals surface area contributed by atoms with Crippen molar-refractivity contribution >= 4 is 17.7 Å². The van der Waals surface area contributed by atoms with Gasteiger partial charge < -0.3 is 24.8 Å². The lowest BCUT2D eigenvalue weighted by molar-refractivity contribution is -0.0104. The van der Waals surface area contributed by atoms with Crippen molar-refractivity contribution in [2.45, 2.75) is 31.9 Å². The Morgan fingerprint density at radius 3 is 2.70 bits per heavy atom. The van der Waals surface area contributed by atoms with Gasteiger partial charge in [-0.2, -0.15) is 11.8 Å². The minimum absolute atomic E-state index is 0.0274. The predicted octanol–water partition coefficient (Wildman–Crippen LogP) is 2.23. The molecule has 2 unspecified atom stereocenters. The first-order valence-corrected chi connectivity index (χ1v) is 12.0. The molecule has 2 saturated heterocycles. The number of benzene rings is 1. The van der Waals surface area contributed by atoms with Crippen molar-refractivity contribution in [2.24, 2.45) is 4.99 Å². The van der Waals surface area contributed by atoms with Crippen molar-refractivity contribution in [3.05, 3.63) is 24.3 Å². The SMILES string of the molecule is CCNC(=NCC1(N2CCOCC2)CCSC1)NCC(C)Oc1ccccc1OC. The van der Waals surface area contributed by atoms with E-state index in [0.29, 0.717) is 6.54 Å². The lowest BCUT2D eigenvalue weighted by Crippen LogP contribution is -2.56. The molecule has 2 aliphatic heterocycles. The summed E-state index contributed by atoms with van der Waals surface area (Å²) in [6.45, 7) is 10.1. The van der Waals surface area contributed by atoms with Crippen molar-refractivity contribution in [2.75, 3.05) is 64.6 Å². The lowest BCUT2D eigenvalue weighted by Gasteiger charge is -2.42. The molecule has 0 bridgehead atoms. The molecule has 7 nitrogen and oxygen atoms in total. The zero-order valence-electron chi connectivity index (χ0n) is 18.5. The summed E-state index contributed by atoms with van der Waals surface area (Å²) in [7, 11) is 1.66. The van der Waals surface area contributed by atoms with Crippen LogP contribution in [0.2, 0.25) is 0 Å². The number of ether oxygens (including phenoxy) is 3. The molecule has 2 aliphatic rings. The Morgan fingerprint density at radius 2 is 2.03 bits per heavy atom. The Morgan fingerprint density at radius 1 is 1.27 bits per heavy atom. The van der Waals surface area contributed by atoms with Gasteiger partial charge in [0.25, 0.3) is 0 Å². The van der Waals surface area contributed by atoms with Crippen LogP contribution < -0.4 is 20.1 Å². The van der Waals surface area contributed by atoms with Gasteiger partial charge in [0, 0.05) is 25.4 Å². The van der Waals surface area contributed by atoms with Gasteiger partial charge in [0.1, 0.15) is 6.10 Å². The first kappa shape index (κ1) is 23.0. The van der Waals surface area contributed by atoms with E-state index < -0.39 is 0 Å². The third-order valence-corrected chi connectivity index (χ3v) is 6.83. The molecule has 1 aromatic rings. The van der Waals surface area contributed by atoms with Gasteiger partial charge in [-0.25, -0.2) is 0 Å². The molecule has 0 radical (unpaired) electrons. The van der Waals surface area contributed by atoms with Crippen LogP contribution in [0.4, 0.5) is 0 Å². The summed E-state index contributed by atoms with van der Waals surface area (Å²) in [5, 5.41) is 6.82. The van der Waals surface area contributed by atoms with E-state index in [1.807, 2.05) is 43.0 Å². The number of para-hydroxylation sites is 2. The standard InChI is InChI=1S/C22H36N4O3S/c1-4-23-21(24-15-18(2)29-20-8-6-5-7-19(20)27-3)25-16-22(9-14-30-17-22)26-10-12-28-13-11-26/h5-8,18H,4,9-17H2,1-3H3,(H2,23,24,25). The zero-order valence-corrected chi connectivity index (χ0v) is 19.3. The van der Waals surface area contributed by atoms with Crippen LogP contribution in [-0.2, 0) is 4.74 Å². The molecule has 168 valence electrons. The maximum atomic E-state index is 6.06. The van der Waals surface area contributed by atoms with Crippen LogP contribution in [0, 0.1) is 0 Å². The molecule has 0 aliphatic carbocycles. The number of nitrogens with one attached hydrogen (secondary N) is 2. The van der Waals surface area contributed by atoms with E-state index in [1.54, 1.807) is 7.11 Å². The van der Waals surface area contributed by atoms with E-state index in [4.69, 9.17) is 19.2 Å². The number of morpholine rings is 1. The quantitative estimate of drug-likeness (QED) is 0.454. The van der Waals surface area contributed by atoms with Crippen LogP contribution in [0.5, 0.6) is 11.5 Å². The maximum Gasteiger partial charge on any atom is 0.191 e. The topological polar surface area (TPSA) is 67.4 Å². The molecule has 2 heterocycles. The zero-order chi connectivity index (χ0) is 21.2. The Hall–Kier alpha value is -1.64. The molecular weight excluding hydrogens is 400 g/mol. The molecule has 2 fully saturated rings. The van der Waals surface area contributed by atoms with Crippen LogP contribution in [0.1, 0.15) is 20.3 Å². The largest absolute Gasteiger partial charge is 0.493 e. The van der Waals surface area contributed by atoms with E-state index in [0.717, 1.165) is 62.6 Å². The fraction of sp³-hybridized carbons (Fsp3) is 0.682. The van der Waals surface area contributed by atoms with E-state index in [2.05, 4.69) is 22.5 Å². The van der Waals surface area contributed by atoms with Gasteiger partial charge in [0.05, 0.1) is 39.0 Å². The highest BCUT2D eigenvalue weighted by Crippen LogP contribution is 2.34. The highest BCUT2D eigenvalue weighted by atomic mass is 32.2. The average molecular weight is 437 g/mol. The van der Waals surface area contributed by atoms with Gasteiger partial charge in [-0.05, 0) is 38.2 Å². The molecule has 0 amide bonds. The van der Waals surface area contributed by atoms with Crippen molar-refractivity contribution < 1.29 is 14.2 Å². The molecule has 30 heavy (non-hydrogen) atoms. The van der Waals surface area contributed by atoms with Crippen molar-refractivity contribution in [3.8, 4) is 11.5 Å². The molecule has 0 spiro atoms. The molecular formula is C22H36N4O3S. The molecule has 3 rings (SSSR count). The Balaban J connectivity index is 1.58. The van der Waals surface area contributed by atoms with Gasteiger partial charge >= 0.3 is 0 Å².